The van der Waals surface area contributed by atoms with Gasteiger partial charge in [-0.25, -0.2) is 9.97 Å². The Morgan fingerprint density at radius 1 is 1.11 bits per heavy atom. The minimum absolute atomic E-state index is 0.204. The summed E-state index contributed by atoms with van der Waals surface area (Å²) in [5.41, 5.74) is 5.46. The normalized spacial score (nSPS) is 14.0. The van der Waals surface area contributed by atoms with Crippen molar-refractivity contribution in [2.45, 2.75) is 19.9 Å². The van der Waals surface area contributed by atoms with E-state index in [0.717, 1.165) is 22.4 Å². The van der Waals surface area contributed by atoms with E-state index in [1.54, 1.807) is 24.2 Å². The molecule has 35 heavy (non-hydrogen) atoms. The Balaban J connectivity index is 1.44. The number of nitrogens with one attached hydrogen (secondary N) is 2. The van der Waals surface area contributed by atoms with Crippen LogP contribution in [0, 0.1) is 6.92 Å². The Labute approximate surface area is 204 Å². The number of benzene rings is 1. The third-order valence-corrected chi connectivity index (χ3v) is 5.61. The minimum atomic E-state index is -0.204. The maximum atomic E-state index is 13.1. The molecule has 1 amide bonds. The van der Waals surface area contributed by atoms with Crippen LogP contribution >= 0.6 is 0 Å². The van der Waals surface area contributed by atoms with Gasteiger partial charge in [-0.3, -0.25) is 24.7 Å². The van der Waals surface area contributed by atoms with Gasteiger partial charge in [0, 0.05) is 43.7 Å². The third kappa shape index (κ3) is 5.82. The number of carbonyl (C=O) groups is 1. The molecular weight excluding hydrogens is 440 g/mol. The van der Waals surface area contributed by atoms with Crippen molar-refractivity contribution in [1.29, 1.82) is 0 Å². The summed E-state index contributed by atoms with van der Waals surface area (Å²) in [6.07, 6.45) is 5.40. The number of hydrogen-bond donors (Lipinski definition) is 2. The highest BCUT2D eigenvalue weighted by Crippen LogP contribution is 2.25. The van der Waals surface area contributed by atoms with Gasteiger partial charge in [0.25, 0.3) is 5.91 Å². The molecule has 2 N–H and O–H groups in total. The molecule has 1 aliphatic heterocycles. The van der Waals surface area contributed by atoms with Crippen LogP contribution in [0.2, 0.25) is 0 Å². The first-order valence-electron chi connectivity index (χ1n) is 11.3. The summed E-state index contributed by atoms with van der Waals surface area (Å²) in [5, 5.41) is 6.25. The molecule has 0 aliphatic carbocycles. The van der Waals surface area contributed by atoms with E-state index in [9.17, 15) is 4.79 Å². The van der Waals surface area contributed by atoms with E-state index in [1.165, 1.54) is 6.33 Å². The van der Waals surface area contributed by atoms with Crippen molar-refractivity contribution in [1.82, 2.24) is 20.3 Å². The fourth-order valence-corrected chi connectivity index (χ4v) is 3.79. The lowest BCUT2D eigenvalue weighted by Crippen LogP contribution is -2.38. The van der Waals surface area contributed by atoms with Crippen molar-refractivity contribution in [3.63, 3.8) is 0 Å². The smallest absolute Gasteiger partial charge is 0.262 e. The zero-order valence-corrected chi connectivity index (χ0v) is 19.9. The van der Waals surface area contributed by atoms with Crippen LogP contribution in [-0.4, -0.2) is 54.1 Å². The summed E-state index contributed by atoms with van der Waals surface area (Å²) < 4.78 is 0. The quantitative estimate of drug-likeness (QED) is 0.466. The standard InChI is InChI=1S/C26H28N8O/c1-18-12-21(8-10-30-18)20-6-4-19(5-7-20)14-31-24-13-25(33-17-32-24)34-11-9-23(28-3)22(26(34)35)15-29-16-27-2/h4-8,10,12-13,15,17,27H,3,9,11,14,16H2,1-2H3,(H,31,32,33). The number of nitrogens with zero attached hydrogens (tertiary/aromatic N) is 6. The largest absolute Gasteiger partial charge is 0.366 e. The molecule has 178 valence electrons. The maximum absolute atomic E-state index is 13.1. The molecule has 2 aromatic heterocycles. The SMILES string of the molecule is C=NC1=C(C=NCNC)C(=O)N(c2cc(NCc3ccc(-c4ccnc(C)c4)cc3)ncn2)CC1. The molecule has 0 saturated heterocycles. The molecule has 0 spiro atoms. The summed E-state index contributed by atoms with van der Waals surface area (Å²) in [6.45, 7) is 7.04. The Morgan fingerprint density at radius 2 is 1.94 bits per heavy atom. The first-order chi connectivity index (χ1) is 17.1. The fraction of sp³-hybridized carbons (Fsp3) is 0.231. The van der Waals surface area contributed by atoms with E-state index in [-0.39, 0.29) is 5.91 Å². The average Bonchev–Trinajstić information content (AvgIpc) is 2.89. The Hall–Kier alpha value is -4.24. The van der Waals surface area contributed by atoms with Gasteiger partial charge < -0.3 is 10.6 Å². The lowest BCUT2D eigenvalue weighted by atomic mass is 10.0. The zero-order chi connectivity index (χ0) is 24.6. The van der Waals surface area contributed by atoms with Gasteiger partial charge in [-0.15, -0.1) is 0 Å². The number of carbonyl (C=O) groups excluding carboxylic acids is 1. The molecule has 0 bridgehead atoms. The molecular formula is C26H28N8O. The van der Waals surface area contributed by atoms with Crippen molar-refractivity contribution in [3.8, 4) is 11.1 Å². The summed E-state index contributed by atoms with van der Waals surface area (Å²) in [4.78, 5) is 35.9. The van der Waals surface area contributed by atoms with E-state index >= 15 is 0 Å². The van der Waals surface area contributed by atoms with Crippen molar-refractivity contribution >= 4 is 30.5 Å². The van der Waals surface area contributed by atoms with E-state index < -0.39 is 0 Å². The highest BCUT2D eigenvalue weighted by Gasteiger charge is 2.28. The molecule has 9 nitrogen and oxygen atoms in total. The van der Waals surface area contributed by atoms with Gasteiger partial charge in [-0.1, -0.05) is 24.3 Å². The second-order valence-electron chi connectivity index (χ2n) is 8.05. The monoisotopic (exact) mass is 468 g/mol. The molecule has 3 heterocycles. The minimum Gasteiger partial charge on any atom is -0.366 e. The van der Waals surface area contributed by atoms with Crippen LogP contribution < -0.4 is 15.5 Å². The highest BCUT2D eigenvalue weighted by atomic mass is 16.2. The Bertz CT molecular complexity index is 1270. The van der Waals surface area contributed by atoms with Crippen LogP contribution in [0.15, 0.2) is 76.2 Å². The van der Waals surface area contributed by atoms with Gasteiger partial charge in [0.05, 0.1) is 17.9 Å². The summed E-state index contributed by atoms with van der Waals surface area (Å²) in [5.74, 6) is 0.960. The molecule has 1 aliphatic rings. The van der Waals surface area contributed by atoms with E-state index in [0.29, 0.717) is 49.1 Å². The summed E-state index contributed by atoms with van der Waals surface area (Å²) in [7, 11) is 1.79. The molecule has 0 atom stereocenters. The number of aryl methyl sites for hydroxylation is 1. The van der Waals surface area contributed by atoms with Crippen molar-refractivity contribution < 1.29 is 4.79 Å². The maximum Gasteiger partial charge on any atom is 0.262 e. The van der Waals surface area contributed by atoms with Gasteiger partial charge in [0.1, 0.15) is 18.0 Å². The highest BCUT2D eigenvalue weighted by molar-refractivity contribution is 6.20. The number of anilines is 2. The predicted octanol–water partition coefficient (Wildman–Crippen LogP) is 3.40. The van der Waals surface area contributed by atoms with Crippen molar-refractivity contribution in [2.75, 3.05) is 30.5 Å². The predicted molar refractivity (Wildman–Crippen MR) is 140 cm³/mol. The topological polar surface area (TPSA) is 108 Å². The van der Waals surface area contributed by atoms with Crippen LogP contribution in [0.1, 0.15) is 17.7 Å². The Kier molecular flexibility index (Phi) is 7.69. The van der Waals surface area contributed by atoms with Crippen LogP contribution in [-0.2, 0) is 11.3 Å². The lowest BCUT2D eigenvalue weighted by molar-refractivity contribution is -0.115. The molecule has 0 radical (unpaired) electrons. The van der Waals surface area contributed by atoms with Gasteiger partial charge in [-0.2, -0.15) is 0 Å². The first kappa shape index (κ1) is 23.9. The summed E-state index contributed by atoms with van der Waals surface area (Å²) >= 11 is 0. The number of aliphatic imine (C=N–C) groups is 2. The van der Waals surface area contributed by atoms with E-state index in [2.05, 4.69) is 72.6 Å². The lowest BCUT2D eigenvalue weighted by Gasteiger charge is -2.27. The number of amides is 1. The van der Waals surface area contributed by atoms with Gasteiger partial charge in [0.2, 0.25) is 0 Å². The van der Waals surface area contributed by atoms with Crippen LogP contribution in [0.5, 0.6) is 0 Å². The molecule has 0 unspecified atom stereocenters. The molecule has 0 saturated carbocycles. The second-order valence-corrected chi connectivity index (χ2v) is 8.05. The van der Waals surface area contributed by atoms with Crippen molar-refractivity contribution in [3.05, 3.63) is 77.5 Å². The molecule has 4 rings (SSSR count). The van der Waals surface area contributed by atoms with Crippen LogP contribution in [0.3, 0.4) is 0 Å². The molecule has 1 aromatic carbocycles. The zero-order valence-electron chi connectivity index (χ0n) is 19.9. The number of aromatic nitrogens is 3. The third-order valence-electron chi connectivity index (χ3n) is 5.61. The summed E-state index contributed by atoms with van der Waals surface area (Å²) in [6, 6.07) is 14.2. The molecule has 3 aromatic rings. The van der Waals surface area contributed by atoms with Gasteiger partial charge in [0.15, 0.2) is 0 Å². The van der Waals surface area contributed by atoms with Gasteiger partial charge in [-0.05, 0) is 49.5 Å². The van der Waals surface area contributed by atoms with Crippen LogP contribution in [0.25, 0.3) is 11.1 Å². The number of rotatable bonds is 9. The second kappa shape index (κ2) is 11.3. The molecule has 9 heteroatoms. The van der Waals surface area contributed by atoms with E-state index in [4.69, 9.17) is 0 Å². The average molecular weight is 469 g/mol. The fourth-order valence-electron chi connectivity index (χ4n) is 3.79. The van der Waals surface area contributed by atoms with E-state index in [1.807, 2.05) is 19.2 Å². The first-order valence-corrected chi connectivity index (χ1v) is 11.3. The number of pyridine rings is 1. The Morgan fingerprint density at radius 3 is 2.69 bits per heavy atom. The van der Waals surface area contributed by atoms with Gasteiger partial charge >= 0.3 is 0 Å². The van der Waals surface area contributed by atoms with Crippen LogP contribution in [0.4, 0.5) is 11.6 Å². The number of hydrogen-bond acceptors (Lipinski definition) is 8. The van der Waals surface area contributed by atoms with Crippen molar-refractivity contribution in [2.24, 2.45) is 9.98 Å². The molecule has 0 fully saturated rings.